The van der Waals surface area contributed by atoms with Crippen molar-refractivity contribution in [3.63, 3.8) is 0 Å². The Hall–Kier alpha value is -0.160. The largest absolute Gasteiger partial charge is 0.394 e. The van der Waals surface area contributed by atoms with Crippen molar-refractivity contribution in [1.29, 1.82) is 0 Å². The minimum Gasteiger partial charge on any atom is -0.394 e. The van der Waals surface area contributed by atoms with Crippen LogP contribution in [0.25, 0.3) is 0 Å². The lowest BCUT2D eigenvalue weighted by atomic mass is 10.2. The van der Waals surface area contributed by atoms with Crippen LogP contribution in [0.1, 0.15) is 0 Å². The van der Waals surface area contributed by atoms with E-state index in [4.69, 9.17) is 19.7 Å². The van der Waals surface area contributed by atoms with E-state index in [-0.39, 0.29) is 13.2 Å². The van der Waals surface area contributed by atoms with Crippen LogP contribution < -0.4 is 0 Å². The summed E-state index contributed by atoms with van der Waals surface area (Å²) in [5.41, 5.74) is 0. The van der Waals surface area contributed by atoms with E-state index >= 15 is 0 Å². The van der Waals surface area contributed by atoms with Gasteiger partial charge in [0.15, 0.2) is 0 Å². The number of hydrogen-bond donors (Lipinski definition) is 2. The lowest BCUT2D eigenvalue weighted by Crippen LogP contribution is -2.35. The molecule has 0 aliphatic heterocycles. The summed E-state index contributed by atoms with van der Waals surface area (Å²) in [6.45, 7) is -0.287. The fourth-order valence-corrected chi connectivity index (χ4v) is 0.688. The molecule has 0 rings (SSSR count). The van der Waals surface area contributed by atoms with Crippen LogP contribution >= 0.6 is 0 Å². The molecule has 0 amide bonds. The van der Waals surface area contributed by atoms with Gasteiger partial charge in [-0.3, -0.25) is 0 Å². The van der Waals surface area contributed by atoms with E-state index in [1.54, 1.807) is 0 Å². The minimum absolute atomic E-state index is 0.143. The van der Waals surface area contributed by atoms with E-state index in [1.165, 1.54) is 14.2 Å². The Bertz CT molecular complexity index is 58.1. The van der Waals surface area contributed by atoms with Gasteiger partial charge < -0.3 is 19.7 Å². The van der Waals surface area contributed by atoms with Gasteiger partial charge in [-0.2, -0.15) is 0 Å². The molecule has 0 aliphatic rings. The molecular formula is C6H14O4. The Balaban J connectivity index is 3.70. The van der Waals surface area contributed by atoms with Crippen molar-refractivity contribution in [3.8, 4) is 0 Å². The second-order valence-electron chi connectivity index (χ2n) is 1.91. The second-order valence-corrected chi connectivity index (χ2v) is 1.91. The van der Waals surface area contributed by atoms with Crippen molar-refractivity contribution < 1.29 is 19.7 Å². The van der Waals surface area contributed by atoms with Crippen LogP contribution in [-0.2, 0) is 9.47 Å². The summed E-state index contributed by atoms with van der Waals surface area (Å²) in [5.74, 6) is 0. The molecule has 0 aromatic carbocycles. The summed E-state index contributed by atoms with van der Waals surface area (Å²) in [5, 5.41) is 17.3. The number of methoxy groups -OCH3 is 2. The normalized spacial score (nSPS) is 16.8. The Kier molecular flexibility index (Phi) is 5.52. The zero-order valence-electron chi connectivity index (χ0n) is 6.28. The predicted molar refractivity (Wildman–Crippen MR) is 35.8 cm³/mol. The zero-order valence-corrected chi connectivity index (χ0v) is 6.28. The molecule has 10 heavy (non-hydrogen) atoms. The SMILES string of the molecule is COC(CO)[C@H](CO)OC. The van der Waals surface area contributed by atoms with Crippen LogP contribution in [-0.4, -0.2) is 49.9 Å². The van der Waals surface area contributed by atoms with Gasteiger partial charge in [0.05, 0.1) is 13.2 Å². The zero-order chi connectivity index (χ0) is 7.98. The van der Waals surface area contributed by atoms with E-state index in [9.17, 15) is 0 Å². The first kappa shape index (κ1) is 9.84. The molecule has 0 saturated heterocycles. The summed E-state index contributed by atoms with van der Waals surface area (Å²) in [4.78, 5) is 0. The van der Waals surface area contributed by atoms with Crippen molar-refractivity contribution in [2.24, 2.45) is 0 Å². The smallest absolute Gasteiger partial charge is 0.108 e. The highest BCUT2D eigenvalue weighted by molar-refractivity contribution is 4.67. The number of hydrogen-bond acceptors (Lipinski definition) is 4. The molecule has 62 valence electrons. The van der Waals surface area contributed by atoms with E-state index < -0.39 is 12.2 Å². The third-order valence-electron chi connectivity index (χ3n) is 1.38. The molecule has 0 heterocycles. The lowest BCUT2D eigenvalue weighted by molar-refractivity contribution is -0.0790. The van der Waals surface area contributed by atoms with Gasteiger partial charge in [-0.25, -0.2) is 0 Å². The molecule has 0 aromatic heterocycles. The van der Waals surface area contributed by atoms with E-state index in [0.717, 1.165) is 0 Å². The lowest BCUT2D eigenvalue weighted by Gasteiger charge is -2.20. The summed E-state index contributed by atoms with van der Waals surface area (Å²) >= 11 is 0. The molecule has 0 aliphatic carbocycles. The maximum atomic E-state index is 8.64. The monoisotopic (exact) mass is 150 g/mol. The molecule has 0 saturated carbocycles. The van der Waals surface area contributed by atoms with Gasteiger partial charge in [-0.1, -0.05) is 0 Å². The van der Waals surface area contributed by atoms with Crippen LogP contribution in [0.3, 0.4) is 0 Å². The predicted octanol–water partition coefficient (Wildman–Crippen LogP) is -0.999. The van der Waals surface area contributed by atoms with Crippen LogP contribution in [0.15, 0.2) is 0 Å². The van der Waals surface area contributed by atoms with Crippen molar-refractivity contribution >= 4 is 0 Å². The summed E-state index contributed by atoms with van der Waals surface area (Å²) in [7, 11) is 2.92. The molecule has 0 fully saturated rings. The molecule has 4 nitrogen and oxygen atoms in total. The molecular weight excluding hydrogens is 136 g/mol. The second kappa shape index (κ2) is 5.61. The standard InChI is InChI=1S/C6H14O4/c1-9-5(3-7)6(4-8)10-2/h5-8H,3-4H2,1-2H3/t5-,6?/m0/s1. The minimum atomic E-state index is -0.435. The van der Waals surface area contributed by atoms with Crippen molar-refractivity contribution in [2.75, 3.05) is 27.4 Å². The van der Waals surface area contributed by atoms with Crippen molar-refractivity contribution in [2.45, 2.75) is 12.2 Å². The summed E-state index contributed by atoms with van der Waals surface area (Å²) < 4.78 is 9.62. The Morgan fingerprint density at radius 3 is 1.40 bits per heavy atom. The average molecular weight is 150 g/mol. The van der Waals surface area contributed by atoms with Gasteiger partial charge in [-0.05, 0) is 0 Å². The fourth-order valence-electron chi connectivity index (χ4n) is 0.688. The first-order chi connectivity index (χ1) is 4.79. The van der Waals surface area contributed by atoms with E-state index in [1.807, 2.05) is 0 Å². The molecule has 0 bridgehead atoms. The molecule has 1 unspecified atom stereocenters. The van der Waals surface area contributed by atoms with Gasteiger partial charge in [0, 0.05) is 14.2 Å². The molecule has 2 N–H and O–H groups in total. The average Bonchev–Trinajstić information content (AvgIpc) is 2.00. The van der Waals surface area contributed by atoms with Gasteiger partial charge in [0.25, 0.3) is 0 Å². The molecule has 2 atom stereocenters. The topological polar surface area (TPSA) is 58.9 Å². The number of aliphatic hydroxyl groups is 2. The Labute approximate surface area is 60.4 Å². The van der Waals surface area contributed by atoms with Gasteiger partial charge in [0.1, 0.15) is 12.2 Å². The molecule has 0 radical (unpaired) electrons. The van der Waals surface area contributed by atoms with Crippen LogP contribution in [0.2, 0.25) is 0 Å². The van der Waals surface area contributed by atoms with Crippen molar-refractivity contribution in [3.05, 3.63) is 0 Å². The summed E-state index contributed by atoms with van der Waals surface area (Å²) in [6, 6.07) is 0. The number of rotatable bonds is 5. The van der Waals surface area contributed by atoms with Crippen molar-refractivity contribution in [1.82, 2.24) is 0 Å². The van der Waals surface area contributed by atoms with Crippen LogP contribution in [0, 0.1) is 0 Å². The first-order valence-corrected chi connectivity index (χ1v) is 3.07. The van der Waals surface area contributed by atoms with Crippen LogP contribution in [0.4, 0.5) is 0 Å². The Morgan fingerprint density at radius 1 is 1.00 bits per heavy atom. The van der Waals surface area contributed by atoms with E-state index in [2.05, 4.69) is 0 Å². The quantitative estimate of drug-likeness (QED) is 0.528. The van der Waals surface area contributed by atoms with Crippen LogP contribution in [0.5, 0.6) is 0 Å². The van der Waals surface area contributed by atoms with Gasteiger partial charge in [0.2, 0.25) is 0 Å². The fraction of sp³-hybridized carbons (Fsp3) is 1.00. The highest BCUT2D eigenvalue weighted by Gasteiger charge is 2.18. The molecule has 0 spiro atoms. The van der Waals surface area contributed by atoms with Gasteiger partial charge in [-0.15, -0.1) is 0 Å². The third kappa shape index (κ3) is 2.62. The third-order valence-corrected chi connectivity index (χ3v) is 1.38. The van der Waals surface area contributed by atoms with Gasteiger partial charge >= 0.3 is 0 Å². The molecule has 4 heteroatoms. The number of aliphatic hydroxyl groups excluding tert-OH is 2. The molecule has 0 aromatic rings. The van der Waals surface area contributed by atoms with E-state index in [0.29, 0.717) is 0 Å². The maximum Gasteiger partial charge on any atom is 0.108 e. The summed E-state index contributed by atoms with van der Waals surface area (Å²) in [6.07, 6.45) is -0.870. The Morgan fingerprint density at radius 2 is 1.30 bits per heavy atom. The maximum absolute atomic E-state index is 8.64. The first-order valence-electron chi connectivity index (χ1n) is 3.07. The number of ether oxygens (including phenoxy) is 2. The highest BCUT2D eigenvalue weighted by atomic mass is 16.5. The highest BCUT2D eigenvalue weighted by Crippen LogP contribution is 1.99.